The van der Waals surface area contributed by atoms with Crippen LogP contribution in [0.4, 0.5) is 0 Å². The number of nitrogens with zero attached hydrogens (tertiary/aromatic N) is 1. The first-order valence-electron chi connectivity index (χ1n) is 2.24. The molecule has 0 radical (unpaired) electrons. The van der Waals surface area contributed by atoms with Crippen molar-refractivity contribution in [2.45, 2.75) is 0 Å². The van der Waals surface area contributed by atoms with E-state index in [1.165, 1.54) is 7.05 Å². The molecule has 0 aromatic carbocycles. The minimum absolute atomic E-state index is 0.191. The molecule has 3 nitrogen and oxygen atoms in total. The zero-order valence-electron chi connectivity index (χ0n) is 4.85. The minimum atomic E-state index is -0.312. The molecule has 0 fully saturated rings. The van der Waals surface area contributed by atoms with Crippen molar-refractivity contribution in [1.29, 1.82) is 0 Å². The molecule has 46 valence electrons. The van der Waals surface area contributed by atoms with Gasteiger partial charge in [-0.2, -0.15) is 0 Å². The Morgan fingerprint density at radius 1 is 1.88 bits per heavy atom. The topological polar surface area (TPSA) is 61.4 Å². The predicted molar refractivity (Wildman–Crippen MR) is 31.6 cm³/mol. The van der Waals surface area contributed by atoms with Crippen LogP contribution in [-0.4, -0.2) is 19.5 Å². The molecule has 0 atom stereocenters. The molecule has 0 unspecified atom stereocenters. The Morgan fingerprint density at radius 3 is 2.50 bits per heavy atom. The van der Waals surface area contributed by atoms with Crippen molar-refractivity contribution >= 4 is 5.90 Å². The quantitative estimate of drug-likeness (QED) is 0.364. The van der Waals surface area contributed by atoms with Gasteiger partial charge >= 0.3 is 0 Å². The molecular formula is C5H9N2O-. The molecule has 0 aliphatic carbocycles. The summed E-state index contributed by atoms with van der Waals surface area (Å²) in [4.78, 5) is 3.34. The standard InChI is InChI=1S/C5H10N2O/c1-4(3-6)5(8)7-2/h1,3,6H2,2H3,(H,7,8)/p-1. The van der Waals surface area contributed by atoms with Crippen molar-refractivity contribution in [1.82, 2.24) is 0 Å². The van der Waals surface area contributed by atoms with Crippen molar-refractivity contribution in [3.63, 3.8) is 0 Å². The molecule has 2 N–H and O–H groups in total. The predicted octanol–water partition coefficient (Wildman–Crippen LogP) is -1.11. The summed E-state index contributed by atoms with van der Waals surface area (Å²) in [6.45, 7) is 3.57. The van der Waals surface area contributed by atoms with Crippen molar-refractivity contribution in [3.05, 3.63) is 12.2 Å². The molecule has 0 aromatic rings. The van der Waals surface area contributed by atoms with Gasteiger partial charge in [0.1, 0.15) is 0 Å². The Balaban J connectivity index is 3.83. The molecule has 8 heavy (non-hydrogen) atoms. The Morgan fingerprint density at radius 2 is 2.38 bits per heavy atom. The van der Waals surface area contributed by atoms with Gasteiger partial charge in [-0.1, -0.05) is 6.58 Å². The summed E-state index contributed by atoms with van der Waals surface area (Å²) < 4.78 is 0. The highest BCUT2D eigenvalue weighted by atomic mass is 16.3. The van der Waals surface area contributed by atoms with E-state index in [1.54, 1.807) is 0 Å². The van der Waals surface area contributed by atoms with Crippen molar-refractivity contribution in [2.24, 2.45) is 10.7 Å². The molecule has 0 saturated heterocycles. The van der Waals surface area contributed by atoms with Gasteiger partial charge in [-0.25, -0.2) is 0 Å². The van der Waals surface area contributed by atoms with Crippen LogP contribution >= 0.6 is 0 Å². The van der Waals surface area contributed by atoms with Crippen molar-refractivity contribution < 1.29 is 5.11 Å². The lowest BCUT2D eigenvalue weighted by atomic mass is 10.3. The summed E-state index contributed by atoms with van der Waals surface area (Å²) in [5.74, 6) is -0.312. The molecule has 0 saturated carbocycles. The summed E-state index contributed by atoms with van der Waals surface area (Å²) in [5, 5.41) is 10.4. The fraction of sp³-hybridized carbons (Fsp3) is 0.400. The monoisotopic (exact) mass is 113 g/mol. The third-order valence-electron chi connectivity index (χ3n) is 0.752. The normalized spacial score (nSPS) is 11.5. The van der Waals surface area contributed by atoms with E-state index in [2.05, 4.69) is 11.6 Å². The summed E-state index contributed by atoms with van der Waals surface area (Å²) in [6.07, 6.45) is 0. The lowest BCUT2D eigenvalue weighted by molar-refractivity contribution is -0.213. The zero-order valence-corrected chi connectivity index (χ0v) is 4.85. The maximum atomic E-state index is 10.4. The fourth-order valence-corrected chi connectivity index (χ4v) is 0.245. The number of hydrogen-bond donors (Lipinski definition) is 1. The highest BCUT2D eigenvalue weighted by Crippen LogP contribution is 1.82. The molecule has 0 rings (SSSR count). The van der Waals surface area contributed by atoms with E-state index < -0.39 is 0 Å². The molecule has 0 aromatic heterocycles. The first-order valence-corrected chi connectivity index (χ1v) is 2.24. The van der Waals surface area contributed by atoms with E-state index in [0.29, 0.717) is 5.57 Å². The van der Waals surface area contributed by atoms with Crippen LogP contribution in [0.25, 0.3) is 0 Å². The van der Waals surface area contributed by atoms with Gasteiger partial charge in [-0.3, -0.25) is 0 Å². The highest BCUT2D eigenvalue weighted by molar-refractivity contribution is 5.89. The Kier molecular flexibility index (Phi) is 2.88. The average Bonchev–Trinajstić information content (AvgIpc) is 1.84. The van der Waals surface area contributed by atoms with E-state index in [4.69, 9.17) is 5.73 Å². The zero-order chi connectivity index (χ0) is 6.57. The molecule has 0 bridgehead atoms. The lowest BCUT2D eigenvalue weighted by Crippen LogP contribution is -2.23. The van der Waals surface area contributed by atoms with Crippen LogP contribution < -0.4 is 10.8 Å². The second kappa shape index (κ2) is 3.21. The molecule has 0 heterocycles. The largest absolute Gasteiger partial charge is 0.859 e. The third-order valence-corrected chi connectivity index (χ3v) is 0.752. The number of hydrogen-bond acceptors (Lipinski definition) is 3. The smallest absolute Gasteiger partial charge is 0.0269 e. The van der Waals surface area contributed by atoms with Gasteiger partial charge in [0, 0.05) is 13.6 Å². The van der Waals surface area contributed by atoms with Crippen LogP contribution in [-0.2, 0) is 0 Å². The summed E-state index contributed by atoms with van der Waals surface area (Å²) in [5.41, 5.74) is 5.42. The van der Waals surface area contributed by atoms with E-state index in [0.717, 1.165) is 0 Å². The van der Waals surface area contributed by atoms with Gasteiger partial charge in [0.2, 0.25) is 0 Å². The second-order valence-electron chi connectivity index (χ2n) is 1.34. The van der Waals surface area contributed by atoms with Gasteiger partial charge in [-0.05, 0) is 11.5 Å². The van der Waals surface area contributed by atoms with Gasteiger partial charge in [0.05, 0.1) is 0 Å². The summed E-state index contributed by atoms with van der Waals surface area (Å²) >= 11 is 0. The molecule has 0 aliphatic rings. The SMILES string of the molecule is C=C(CN)C([O-])=NC. The van der Waals surface area contributed by atoms with Crippen molar-refractivity contribution in [3.8, 4) is 0 Å². The highest BCUT2D eigenvalue weighted by Gasteiger charge is 1.84. The number of nitrogens with two attached hydrogens (primary N) is 1. The van der Waals surface area contributed by atoms with Crippen LogP contribution in [0.5, 0.6) is 0 Å². The maximum absolute atomic E-state index is 10.4. The molecular weight excluding hydrogens is 104 g/mol. The van der Waals surface area contributed by atoms with Crippen LogP contribution in [0.2, 0.25) is 0 Å². The Hall–Kier alpha value is -0.830. The van der Waals surface area contributed by atoms with Gasteiger partial charge in [-0.15, -0.1) is 0 Å². The number of aliphatic imine (C=N–C) groups is 1. The van der Waals surface area contributed by atoms with Crippen molar-refractivity contribution in [2.75, 3.05) is 13.6 Å². The van der Waals surface area contributed by atoms with Crippen LogP contribution in [0, 0.1) is 0 Å². The molecule has 0 amide bonds. The molecule has 0 aliphatic heterocycles. The van der Waals surface area contributed by atoms with Gasteiger partial charge in [0.25, 0.3) is 0 Å². The Bertz CT molecular complexity index is 118. The summed E-state index contributed by atoms with van der Waals surface area (Å²) in [6, 6.07) is 0. The molecule has 3 heteroatoms. The van der Waals surface area contributed by atoms with Crippen LogP contribution in [0.15, 0.2) is 17.1 Å². The fourth-order valence-electron chi connectivity index (χ4n) is 0.245. The van der Waals surface area contributed by atoms with Crippen LogP contribution in [0.3, 0.4) is 0 Å². The average molecular weight is 113 g/mol. The van der Waals surface area contributed by atoms with E-state index >= 15 is 0 Å². The third kappa shape index (κ3) is 1.75. The van der Waals surface area contributed by atoms with E-state index in [9.17, 15) is 5.11 Å². The van der Waals surface area contributed by atoms with Crippen LogP contribution in [0.1, 0.15) is 0 Å². The maximum Gasteiger partial charge on any atom is 0.0269 e. The van der Waals surface area contributed by atoms with Gasteiger partial charge in [0.15, 0.2) is 0 Å². The first-order chi connectivity index (χ1) is 3.72. The van der Waals surface area contributed by atoms with E-state index in [1.807, 2.05) is 0 Å². The lowest BCUT2D eigenvalue weighted by Gasteiger charge is -2.08. The number of rotatable bonds is 2. The molecule has 0 spiro atoms. The summed E-state index contributed by atoms with van der Waals surface area (Å²) in [7, 11) is 1.42. The second-order valence-corrected chi connectivity index (χ2v) is 1.34. The van der Waals surface area contributed by atoms with Gasteiger partial charge < -0.3 is 15.8 Å². The van der Waals surface area contributed by atoms with E-state index in [-0.39, 0.29) is 12.4 Å². The minimum Gasteiger partial charge on any atom is -0.859 e. The first kappa shape index (κ1) is 7.17. The Labute approximate surface area is 48.5 Å².